The fraction of sp³-hybridized carbons (Fsp3) is 0.867. The standard InChI is InChI=1S/C15H25NO5/c1-2-10-7-11(12(8-10)14(19)20)13(18)16-15(9-17)3-5-21-6-4-15/h10-12,17H,2-9H2,1H3,(H,16,18)(H,19,20). The van der Waals surface area contributed by atoms with Crippen LogP contribution in [0.15, 0.2) is 0 Å². The van der Waals surface area contributed by atoms with Crippen molar-refractivity contribution in [3.05, 3.63) is 0 Å². The van der Waals surface area contributed by atoms with Crippen molar-refractivity contribution < 1.29 is 24.5 Å². The number of hydrogen-bond acceptors (Lipinski definition) is 4. The smallest absolute Gasteiger partial charge is 0.307 e. The number of carbonyl (C=O) groups is 2. The molecule has 0 aromatic heterocycles. The molecule has 0 radical (unpaired) electrons. The van der Waals surface area contributed by atoms with Gasteiger partial charge in [-0.1, -0.05) is 13.3 Å². The van der Waals surface area contributed by atoms with Crippen molar-refractivity contribution in [2.75, 3.05) is 19.8 Å². The molecule has 3 atom stereocenters. The Morgan fingerprint density at radius 1 is 1.24 bits per heavy atom. The van der Waals surface area contributed by atoms with Crippen LogP contribution in [0.5, 0.6) is 0 Å². The molecule has 2 fully saturated rings. The minimum Gasteiger partial charge on any atom is -0.481 e. The van der Waals surface area contributed by atoms with Crippen LogP contribution in [0.3, 0.4) is 0 Å². The van der Waals surface area contributed by atoms with Crippen LogP contribution in [0.4, 0.5) is 0 Å². The van der Waals surface area contributed by atoms with Crippen molar-refractivity contribution in [2.24, 2.45) is 17.8 Å². The highest BCUT2D eigenvalue weighted by molar-refractivity contribution is 5.85. The first-order chi connectivity index (χ1) is 10.0. The summed E-state index contributed by atoms with van der Waals surface area (Å²) in [5.41, 5.74) is -0.650. The lowest BCUT2D eigenvalue weighted by Gasteiger charge is -2.37. The van der Waals surface area contributed by atoms with Gasteiger partial charge in [0.25, 0.3) is 0 Å². The van der Waals surface area contributed by atoms with Crippen molar-refractivity contribution in [3.63, 3.8) is 0 Å². The molecule has 1 saturated heterocycles. The monoisotopic (exact) mass is 299 g/mol. The van der Waals surface area contributed by atoms with Gasteiger partial charge in [0.2, 0.25) is 5.91 Å². The van der Waals surface area contributed by atoms with Gasteiger partial charge in [-0.2, -0.15) is 0 Å². The molecule has 1 heterocycles. The van der Waals surface area contributed by atoms with Crippen molar-refractivity contribution >= 4 is 11.9 Å². The molecule has 0 aromatic carbocycles. The number of carboxylic acid groups (broad SMARTS) is 1. The summed E-state index contributed by atoms with van der Waals surface area (Å²) >= 11 is 0. The van der Waals surface area contributed by atoms with E-state index in [0.717, 1.165) is 6.42 Å². The van der Waals surface area contributed by atoms with Gasteiger partial charge in [-0.3, -0.25) is 9.59 Å². The highest BCUT2D eigenvalue weighted by Crippen LogP contribution is 2.39. The van der Waals surface area contributed by atoms with Gasteiger partial charge in [-0.25, -0.2) is 0 Å². The van der Waals surface area contributed by atoms with E-state index in [0.29, 0.717) is 44.8 Å². The van der Waals surface area contributed by atoms with Crippen molar-refractivity contribution in [3.8, 4) is 0 Å². The summed E-state index contributed by atoms with van der Waals surface area (Å²) in [6.07, 6.45) is 3.22. The maximum Gasteiger partial charge on any atom is 0.307 e. The molecule has 1 amide bonds. The van der Waals surface area contributed by atoms with Gasteiger partial charge >= 0.3 is 5.97 Å². The fourth-order valence-corrected chi connectivity index (χ4v) is 3.48. The Hall–Kier alpha value is -1.14. The molecule has 2 aliphatic rings. The first-order valence-electron chi connectivity index (χ1n) is 7.75. The van der Waals surface area contributed by atoms with Gasteiger partial charge in [0.15, 0.2) is 0 Å². The Labute approximate surface area is 124 Å². The van der Waals surface area contributed by atoms with Crippen molar-refractivity contribution in [1.29, 1.82) is 0 Å². The summed E-state index contributed by atoms with van der Waals surface area (Å²) in [5.74, 6) is -1.92. The summed E-state index contributed by atoms with van der Waals surface area (Å²) in [7, 11) is 0. The number of aliphatic hydroxyl groups excluding tert-OH is 1. The van der Waals surface area contributed by atoms with E-state index >= 15 is 0 Å². The topological polar surface area (TPSA) is 95.9 Å². The number of rotatable bonds is 5. The molecule has 1 saturated carbocycles. The van der Waals surface area contributed by atoms with Crippen LogP contribution < -0.4 is 5.32 Å². The predicted octanol–water partition coefficient (Wildman–Crippen LogP) is 0.781. The summed E-state index contributed by atoms with van der Waals surface area (Å²) in [5, 5.41) is 21.9. The average molecular weight is 299 g/mol. The molecular formula is C15H25NO5. The van der Waals surface area contributed by atoms with Crippen LogP contribution in [-0.4, -0.2) is 47.4 Å². The first-order valence-corrected chi connectivity index (χ1v) is 7.75. The zero-order valence-electron chi connectivity index (χ0n) is 12.5. The predicted molar refractivity (Wildman–Crippen MR) is 75.6 cm³/mol. The molecule has 0 spiro atoms. The molecule has 3 N–H and O–H groups in total. The molecule has 21 heavy (non-hydrogen) atoms. The minimum atomic E-state index is -0.892. The summed E-state index contributed by atoms with van der Waals surface area (Å²) in [6.45, 7) is 2.90. The van der Waals surface area contributed by atoms with E-state index in [1.165, 1.54) is 0 Å². The Balaban J connectivity index is 2.05. The normalized spacial score (nSPS) is 31.8. The van der Waals surface area contributed by atoms with Gasteiger partial charge in [0.1, 0.15) is 0 Å². The fourth-order valence-electron chi connectivity index (χ4n) is 3.48. The number of carboxylic acids is 1. The van der Waals surface area contributed by atoms with Crippen LogP contribution in [0.25, 0.3) is 0 Å². The lowest BCUT2D eigenvalue weighted by atomic mass is 9.88. The number of carbonyl (C=O) groups excluding carboxylic acids is 1. The molecule has 2 rings (SSSR count). The minimum absolute atomic E-state index is 0.135. The average Bonchev–Trinajstić information content (AvgIpc) is 2.93. The number of aliphatic hydroxyl groups is 1. The summed E-state index contributed by atoms with van der Waals surface area (Å²) in [4.78, 5) is 23.9. The second-order valence-electron chi connectivity index (χ2n) is 6.34. The lowest BCUT2D eigenvalue weighted by molar-refractivity contribution is -0.147. The van der Waals surface area contributed by atoms with Crippen molar-refractivity contribution in [2.45, 2.75) is 44.6 Å². The highest BCUT2D eigenvalue weighted by Gasteiger charge is 2.44. The largest absolute Gasteiger partial charge is 0.481 e. The van der Waals surface area contributed by atoms with Gasteiger partial charge < -0.3 is 20.3 Å². The van der Waals surface area contributed by atoms with E-state index < -0.39 is 23.3 Å². The lowest BCUT2D eigenvalue weighted by Crippen LogP contribution is -2.56. The van der Waals surface area contributed by atoms with Gasteiger partial charge in [0, 0.05) is 13.2 Å². The molecule has 6 heteroatoms. The third kappa shape index (κ3) is 3.55. The second-order valence-corrected chi connectivity index (χ2v) is 6.34. The number of amides is 1. The van der Waals surface area contributed by atoms with Crippen molar-refractivity contribution in [1.82, 2.24) is 5.32 Å². The molecule has 6 nitrogen and oxygen atoms in total. The third-order valence-electron chi connectivity index (χ3n) is 5.03. The number of aliphatic carboxylic acids is 1. The summed E-state index contributed by atoms with van der Waals surface area (Å²) in [6, 6.07) is 0. The van der Waals surface area contributed by atoms with Gasteiger partial charge in [-0.15, -0.1) is 0 Å². The van der Waals surface area contributed by atoms with E-state index in [9.17, 15) is 19.8 Å². The molecule has 3 unspecified atom stereocenters. The first kappa shape index (κ1) is 16.2. The van der Waals surface area contributed by atoms with Crippen LogP contribution in [0, 0.1) is 17.8 Å². The quantitative estimate of drug-likeness (QED) is 0.697. The van der Waals surface area contributed by atoms with E-state index in [4.69, 9.17) is 4.74 Å². The number of hydrogen-bond donors (Lipinski definition) is 3. The van der Waals surface area contributed by atoms with Crippen LogP contribution in [0.2, 0.25) is 0 Å². The Kier molecular flexibility index (Phi) is 5.22. The molecule has 0 bridgehead atoms. The van der Waals surface area contributed by atoms with Gasteiger partial charge in [0.05, 0.1) is 24.0 Å². The maximum atomic E-state index is 12.5. The number of ether oxygens (including phenoxy) is 1. The molecular weight excluding hydrogens is 274 g/mol. The van der Waals surface area contributed by atoms with E-state index in [-0.39, 0.29) is 12.5 Å². The zero-order chi connectivity index (χ0) is 15.5. The van der Waals surface area contributed by atoms with E-state index in [2.05, 4.69) is 5.32 Å². The molecule has 1 aliphatic carbocycles. The van der Waals surface area contributed by atoms with Crippen LogP contribution >= 0.6 is 0 Å². The number of nitrogens with one attached hydrogen (secondary N) is 1. The highest BCUT2D eigenvalue weighted by atomic mass is 16.5. The van der Waals surface area contributed by atoms with E-state index in [1.807, 2.05) is 6.92 Å². The SMILES string of the molecule is CCC1CC(C(=O)O)C(C(=O)NC2(CO)CCOCC2)C1. The Bertz CT molecular complexity index is 392. The summed E-state index contributed by atoms with van der Waals surface area (Å²) < 4.78 is 5.27. The molecule has 1 aliphatic heterocycles. The second kappa shape index (κ2) is 6.75. The third-order valence-corrected chi connectivity index (χ3v) is 5.03. The van der Waals surface area contributed by atoms with E-state index in [1.54, 1.807) is 0 Å². The zero-order valence-corrected chi connectivity index (χ0v) is 12.5. The Morgan fingerprint density at radius 3 is 2.38 bits per heavy atom. The van der Waals surface area contributed by atoms with Crippen LogP contribution in [0.1, 0.15) is 39.0 Å². The molecule has 120 valence electrons. The van der Waals surface area contributed by atoms with Crippen LogP contribution in [-0.2, 0) is 14.3 Å². The molecule has 0 aromatic rings. The maximum absolute atomic E-state index is 12.5. The Morgan fingerprint density at radius 2 is 1.86 bits per heavy atom. The van der Waals surface area contributed by atoms with Gasteiger partial charge in [-0.05, 0) is 31.6 Å².